The smallest absolute Gasteiger partial charge is 0.251 e. The number of amides is 1. The highest BCUT2D eigenvalue weighted by Gasteiger charge is 2.12. The molecule has 0 bridgehead atoms. The van der Waals surface area contributed by atoms with Crippen LogP contribution in [0.3, 0.4) is 0 Å². The van der Waals surface area contributed by atoms with Gasteiger partial charge in [0, 0.05) is 17.8 Å². The molecule has 7 nitrogen and oxygen atoms in total. The van der Waals surface area contributed by atoms with Crippen LogP contribution in [0, 0.1) is 0 Å². The lowest BCUT2D eigenvalue weighted by molar-refractivity contribution is 0.0949. The fourth-order valence-corrected chi connectivity index (χ4v) is 1.78. The van der Waals surface area contributed by atoms with Crippen molar-refractivity contribution in [3.8, 4) is 0 Å². The van der Waals surface area contributed by atoms with Crippen LogP contribution in [0.1, 0.15) is 48.6 Å². The molecule has 2 aromatic heterocycles. The predicted molar refractivity (Wildman–Crippen MR) is 78.0 cm³/mol. The Labute approximate surface area is 123 Å². The van der Waals surface area contributed by atoms with E-state index in [1.165, 1.54) is 6.39 Å². The number of aromatic nitrogens is 3. The first-order valence-corrected chi connectivity index (χ1v) is 6.89. The van der Waals surface area contributed by atoms with Gasteiger partial charge in [-0.05, 0) is 25.0 Å². The minimum absolute atomic E-state index is 0.191. The monoisotopic (exact) mass is 289 g/mol. The highest BCUT2D eigenvalue weighted by Crippen LogP contribution is 2.17. The second-order valence-electron chi connectivity index (χ2n) is 4.88. The van der Waals surface area contributed by atoms with Crippen molar-refractivity contribution in [2.24, 2.45) is 0 Å². The van der Waals surface area contributed by atoms with Crippen LogP contribution in [-0.2, 0) is 6.54 Å². The molecule has 21 heavy (non-hydrogen) atoms. The summed E-state index contributed by atoms with van der Waals surface area (Å²) < 4.78 is 4.62. The molecule has 0 aliphatic heterocycles. The molecule has 0 atom stereocenters. The highest BCUT2D eigenvalue weighted by molar-refractivity contribution is 5.94. The summed E-state index contributed by atoms with van der Waals surface area (Å²) in [6.45, 7) is 7.04. The SMILES string of the molecule is CCNc1cc(C(=O)NCc2ncon2)cc(C(C)C)n1. The van der Waals surface area contributed by atoms with Gasteiger partial charge in [0.05, 0.1) is 6.54 Å². The Bertz CT molecular complexity index is 595. The van der Waals surface area contributed by atoms with Crippen LogP contribution in [0.2, 0.25) is 0 Å². The van der Waals surface area contributed by atoms with Crippen molar-refractivity contribution in [2.45, 2.75) is 33.2 Å². The zero-order chi connectivity index (χ0) is 15.2. The molecule has 0 radical (unpaired) electrons. The summed E-state index contributed by atoms with van der Waals surface area (Å²) >= 11 is 0. The average Bonchev–Trinajstić information content (AvgIpc) is 2.98. The van der Waals surface area contributed by atoms with Gasteiger partial charge in [-0.25, -0.2) is 4.98 Å². The van der Waals surface area contributed by atoms with Gasteiger partial charge in [0.2, 0.25) is 6.39 Å². The van der Waals surface area contributed by atoms with Gasteiger partial charge in [0.1, 0.15) is 5.82 Å². The predicted octanol–water partition coefficient (Wildman–Crippen LogP) is 1.95. The molecule has 2 aromatic rings. The first-order valence-electron chi connectivity index (χ1n) is 6.89. The Morgan fingerprint density at radius 2 is 2.19 bits per heavy atom. The number of nitrogens with zero attached hydrogens (tertiary/aromatic N) is 3. The van der Waals surface area contributed by atoms with Crippen molar-refractivity contribution >= 4 is 11.7 Å². The summed E-state index contributed by atoms with van der Waals surface area (Å²) in [7, 11) is 0. The summed E-state index contributed by atoms with van der Waals surface area (Å²) in [4.78, 5) is 20.6. The molecule has 0 unspecified atom stereocenters. The molecule has 1 amide bonds. The van der Waals surface area contributed by atoms with Crippen molar-refractivity contribution in [1.29, 1.82) is 0 Å². The second kappa shape index (κ2) is 6.83. The van der Waals surface area contributed by atoms with Gasteiger partial charge < -0.3 is 15.2 Å². The van der Waals surface area contributed by atoms with E-state index in [-0.39, 0.29) is 18.4 Å². The molecule has 2 heterocycles. The van der Waals surface area contributed by atoms with Crippen LogP contribution in [0.5, 0.6) is 0 Å². The van der Waals surface area contributed by atoms with Gasteiger partial charge in [-0.15, -0.1) is 0 Å². The van der Waals surface area contributed by atoms with E-state index < -0.39 is 0 Å². The summed E-state index contributed by atoms with van der Waals surface area (Å²) in [5.74, 6) is 1.19. The first-order chi connectivity index (χ1) is 10.1. The van der Waals surface area contributed by atoms with E-state index >= 15 is 0 Å². The van der Waals surface area contributed by atoms with E-state index in [1.54, 1.807) is 12.1 Å². The summed E-state index contributed by atoms with van der Waals surface area (Å²) in [5, 5.41) is 9.54. The Morgan fingerprint density at radius 3 is 2.81 bits per heavy atom. The Morgan fingerprint density at radius 1 is 1.38 bits per heavy atom. The minimum atomic E-state index is -0.191. The van der Waals surface area contributed by atoms with E-state index in [9.17, 15) is 4.79 Å². The summed E-state index contributed by atoms with van der Waals surface area (Å²) in [6.07, 6.45) is 1.23. The molecule has 0 fully saturated rings. The number of hydrogen-bond donors (Lipinski definition) is 2. The molecule has 0 aliphatic rings. The van der Waals surface area contributed by atoms with E-state index in [0.717, 1.165) is 12.2 Å². The van der Waals surface area contributed by atoms with E-state index in [4.69, 9.17) is 0 Å². The van der Waals surface area contributed by atoms with Crippen LogP contribution in [-0.4, -0.2) is 27.6 Å². The number of carbonyl (C=O) groups excluding carboxylic acids is 1. The number of carbonyl (C=O) groups is 1. The third-order valence-electron chi connectivity index (χ3n) is 2.87. The minimum Gasteiger partial charge on any atom is -0.370 e. The zero-order valence-corrected chi connectivity index (χ0v) is 12.4. The number of pyridine rings is 1. The summed E-state index contributed by atoms with van der Waals surface area (Å²) in [5.41, 5.74) is 1.44. The number of nitrogens with one attached hydrogen (secondary N) is 2. The maximum Gasteiger partial charge on any atom is 0.251 e. The number of anilines is 1. The fourth-order valence-electron chi connectivity index (χ4n) is 1.78. The first kappa shape index (κ1) is 15.0. The van der Waals surface area contributed by atoms with Crippen molar-refractivity contribution < 1.29 is 9.32 Å². The molecule has 0 saturated heterocycles. The molecule has 0 aliphatic carbocycles. The standard InChI is InChI=1S/C14H19N5O2/c1-4-15-12-6-10(5-11(18-12)9(2)3)14(20)16-7-13-17-8-21-19-13/h5-6,8-9H,4,7H2,1-3H3,(H,15,18)(H,16,20). The van der Waals surface area contributed by atoms with Gasteiger partial charge in [0.25, 0.3) is 5.91 Å². The molecule has 112 valence electrons. The topological polar surface area (TPSA) is 92.9 Å². The lowest BCUT2D eigenvalue weighted by atomic mass is 10.1. The van der Waals surface area contributed by atoms with Gasteiger partial charge in [-0.3, -0.25) is 4.79 Å². The lowest BCUT2D eigenvalue weighted by Gasteiger charge is -2.11. The van der Waals surface area contributed by atoms with Gasteiger partial charge in [-0.1, -0.05) is 19.0 Å². The van der Waals surface area contributed by atoms with Crippen LogP contribution in [0.25, 0.3) is 0 Å². The normalized spacial score (nSPS) is 10.7. The molecule has 2 N–H and O–H groups in total. The third kappa shape index (κ3) is 4.01. The van der Waals surface area contributed by atoms with E-state index in [0.29, 0.717) is 17.2 Å². The van der Waals surface area contributed by atoms with Crippen molar-refractivity contribution in [1.82, 2.24) is 20.4 Å². The average molecular weight is 289 g/mol. The molecule has 2 rings (SSSR count). The highest BCUT2D eigenvalue weighted by atomic mass is 16.5. The fraction of sp³-hybridized carbons (Fsp3) is 0.429. The molecule has 0 aromatic carbocycles. The van der Waals surface area contributed by atoms with E-state index in [2.05, 4.69) is 30.3 Å². The van der Waals surface area contributed by atoms with E-state index in [1.807, 2.05) is 20.8 Å². The van der Waals surface area contributed by atoms with Gasteiger partial charge in [0.15, 0.2) is 5.82 Å². The molecule has 0 saturated carbocycles. The van der Waals surface area contributed by atoms with Crippen LogP contribution >= 0.6 is 0 Å². The molecule has 0 spiro atoms. The zero-order valence-electron chi connectivity index (χ0n) is 12.4. The Balaban J connectivity index is 2.14. The lowest BCUT2D eigenvalue weighted by Crippen LogP contribution is -2.24. The third-order valence-corrected chi connectivity index (χ3v) is 2.87. The maximum absolute atomic E-state index is 12.2. The quantitative estimate of drug-likeness (QED) is 0.844. The maximum atomic E-state index is 12.2. The van der Waals surface area contributed by atoms with Gasteiger partial charge >= 0.3 is 0 Å². The van der Waals surface area contributed by atoms with Crippen molar-refractivity contribution in [3.05, 3.63) is 35.6 Å². The van der Waals surface area contributed by atoms with Crippen molar-refractivity contribution in [2.75, 3.05) is 11.9 Å². The van der Waals surface area contributed by atoms with Crippen molar-refractivity contribution in [3.63, 3.8) is 0 Å². The largest absolute Gasteiger partial charge is 0.370 e. The number of hydrogen-bond acceptors (Lipinski definition) is 6. The molecular formula is C14H19N5O2. The number of rotatable bonds is 6. The van der Waals surface area contributed by atoms with Crippen LogP contribution in [0.4, 0.5) is 5.82 Å². The van der Waals surface area contributed by atoms with Crippen LogP contribution < -0.4 is 10.6 Å². The van der Waals surface area contributed by atoms with Crippen LogP contribution in [0.15, 0.2) is 23.0 Å². The van der Waals surface area contributed by atoms with Gasteiger partial charge in [-0.2, -0.15) is 4.98 Å². The Kier molecular flexibility index (Phi) is 4.86. The second-order valence-corrected chi connectivity index (χ2v) is 4.88. The molecule has 7 heteroatoms. The Hall–Kier alpha value is -2.44. The summed E-state index contributed by atoms with van der Waals surface area (Å²) in [6, 6.07) is 3.54. The molecular weight excluding hydrogens is 270 g/mol.